The largest absolute Gasteiger partial charge is 0.310 e. The second-order valence-electron chi connectivity index (χ2n) is 6.57. The van der Waals surface area contributed by atoms with E-state index in [9.17, 15) is 4.79 Å². The molecule has 1 heterocycles. The molecule has 144 valence electrons. The number of hydrogen-bond donors (Lipinski definition) is 1. The van der Waals surface area contributed by atoms with Gasteiger partial charge in [0, 0.05) is 11.0 Å². The van der Waals surface area contributed by atoms with Gasteiger partial charge in [-0.25, -0.2) is 4.68 Å². The number of hydrogen-bond acceptors (Lipinski definition) is 3. The number of nitrogens with zero attached hydrogens (tertiary/aromatic N) is 2. The Bertz CT molecular complexity index is 1050. The molecule has 0 saturated heterocycles. The summed E-state index contributed by atoms with van der Waals surface area (Å²) in [6.45, 7) is 0.602. The second kappa shape index (κ2) is 9.26. The lowest BCUT2D eigenvalue weighted by Gasteiger charge is -2.17. The van der Waals surface area contributed by atoms with E-state index in [1.165, 1.54) is 11.8 Å². The smallest absolute Gasteiger partial charge is 0.243 e. The first-order valence-corrected chi connectivity index (χ1v) is 10.3. The minimum atomic E-state index is -0.362. The molecule has 0 unspecified atom stereocenters. The van der Waals surface area contributed by atoms with Crippen LogP contribution in [0.3, 0.4) is 0 Å². The molecule has 1 N–H and O–H groups in total. The van der Waals surface area contributed by atoms with Crippen LogP contribution in [0.25, 0.3) is 0 Å². The van der Waals surface area contributed by atoms with Crippen molar-refractivity contribution in [3.8, 4) is 0 Å². The molecule has 0 aliphatic rings. The first-order chi connectivity index (χ1) is 14.3. The van der Waals surface area contributed by atoms with Gasteiger partial charge in [-0.3, -0.25) is 4.79 Å². The van der Waals surface area contributed by atoms with Crippen molar-refractivity contribution in [1.82, 2.24) is 9.78 Å². The highest BCUT2D eigenvalue weighted by atomic mass is 32.2. The molecule has 4 aromatic rings. The number of amides is 1. The van der Waals surface area contributed by atoms with Gasteiger partial charge < -0.3 is 5.32 Å². The Morgan fingerprint density at radius 3 is 2.17 bits per heavy atom. The molecule has 1 atom stereocenters. The van der Waals surface area contributed by atoms with Gasteiger partial charge in [0.25, 0.3) is 0 Å². The molecule has 4 nitrogen and oxygen atoms in total. The van der Waals surface area contributed by atoms with Crippen molar-refractivity contribution in [3.05, 3.63) is 114 Å². The summed E-state index contributed by atoms with van der Waals surface area (Å²) in [6.07, 6.45) is 1.71. The summed E-state index contributed by atoms with van der Waals surface area (Å²) in [4.78, 5) is 14.3. The van der Waals surface area contributed by atoms with Crippen LogP contribution in [0.1, 0.15) is 16.4 Å². The van der Waals surface area contributed by atoms with Gasteiger partial charge in [0.05, 0.1) is 12.7 Å². The molecule has 0 bridgehead atoms. The van der Waals surface area contributed by atoms with Crippen LogP contribution < -0.4 is 5.32 Å². The van der Waals surface area contributed by atoms with Crippen molar-refractivity contribution >= 4 is 23.5 Å². The zero-order valence-corrected chi connectivity index (χ0v) is 16.6. The fourth-order valence-electron chi connectivity index (χ4n) is 3.05. The number of anilines is 1. The van der Waals surface area contributed by atoms with Crippen LogP contribution in [0.4, 0.5) is 5.82 Å². The number of nitrogens with one attached hydrogen (secondary N) is 1. The zero-order chi connectivity index (χ0) is 19.9. The molecule has 4 rings (SSSR count). The molecule has 0 aliphatic carbocycles. The molecular weight excluding hydrogens is 378 g/mol. The minimum Gasteiger partial charge on any atom is -0.310 e. The van der Waals surface area contributed by atoms with Crippen LogP contribution in [0.5, 0.6) is 0 Å². The number of aromatic nitrogens is 2. The number of thioether (sulfide) groups is 1. The molecule has 0 spiro atoms. The summed E-state index contributed by atoms with van der Waals surface area (Å²) in [7, 11) is 0. The predicted octanol–water partition coefficient (Wildman–Crippen LogP) is 5.40. The third kappa shape index (κ3) is 4.95. The highest BCUT2D eigenvalue weighted by Crippen LogP contribution is 2.36. The summed E-state index contributed by atoms with van der Waals surface area (Å²) in [5.74, 6) is 0.619. The Labute approximate surface area is 174 Å². The maximum absolute atomic E-state index is 13.2. The maximum Gasteiger partial charge on any atom is 0.243 e. The van der Waals surface area contributed by atoms with Crippen LogP contribution in [-0.4, -0.2) is 15.7 Å². The van der Waals surface area contributed by atoms with Crippen molar-refractivity contribution in [2.24, 2.45) is 0 Å². The van der Waals surface area contributed by atoms with Crippen molar-refractivity contribution in [2.75, 3.05) is 5.32 Å². The number of carbonyl (C=O) groups excluding carboxylic acids is 1. The van der Waals surface area contributed by atoms with Gasteiger partial charge in [-0.2, -0.15) is 5.10 Å². The van der Waals surface area contributed by atoms with Crippen molar-refractivity contribution in [3.63, 3.8) is 0 Å². The molecule has 0 fully saturated rings. The number of carbonyl (C=O) groups is 1. The number of rotatable bonds is 7. The fraction of sp³-hybridized carbons (Fsp3) is 0.0833. The SMILES string of the molecule is O=C(Nc1ccnn1Cc1ccccc1)[C@@H](Sc1ccccc1)c1ccccc1. The molecule has 1 amide bonds. The maximum atomic E-state index is 13.2. The van der Waals surface area contributed by atoms with Crippen molar-refractivity contribution < 1.29 is 4.79 Å². The van der Waals surface area contributed by atoms with Crippen LogP contribution in [0.2, 0.25) is 0 Å². The minimum absolute atomic E-state index is 0.0696. The fourth-order valence-corrected chi connectivity index (χ4v) is 4.09. The van der Waals surface area contributed by atoms with Gasteiger partial charge in [0.1, 0.15) is 11.1 Å². The highest BCUT2D eigenvalue weighted by Gasteiger charge is 2.23. The summed E-state index contributed by atoms with van der Waals surface area (Å²) in [5, 5.41) is 7.08. The normalized spacial score (nSPS) is 11.7. The number of benzene rings is 3. The van der Waals surface area contributed by atoms with E-state index in [2.05, 4.69) is 10.4 Å². The zero-order valence-electron chi connectivity index (χ0n) is 15.8. The summed E-state index contributed by atoms with van der Waals surface area (Å²) in [5.41, 5.74) is 2.10. The average Bonchev–Trinajstić information content (AvgIpc) is 3.20. The van der Waals surface area contributed by atoms with Crippen LogP contribution in [0.15, 0.2) is 108 Å². The molecule has 29 heavy (non-hydrogen) atoms. The monoisotopic (exact) mass is 399 g/mol. The Morgan fingerprint density at radius 2 is 1.48 bits per heavy atom. The predicted molar refractivity (Wildman–Crippen MR) is 118 cm³/mol. The average molecular weight is 400 g/mol. The van der Waals surface area contributed by atoms with Gasteiger partial charge in [-0.15, -0.1) is 11.8 Å². The standard InChI is InChI=1S/C24H21N3OS/c28-24(26-22-16-17-25-27(22)18-19-10-4-1-5-11-19)23(20-12-6-2-7-13-20)29-21-14-8-3-9-15-21/h1-17,23H,18H2,(H,26,28)/t23-/m0/s1. The molecule has 0 radical (unpaired) electrons. The molecule has 5 heteroatoms. The third-order valence-corrected chi connectivity index (χ3v) is 5.75. The molecule has 0 saturated carbocycles. The lowest BCUT2D eigenvalue weighted by Crippen LogP contribution is -2.21. The lowest BCUT2D eigenvalue weighted by atomic mass is 10.1. The van der Waals surface area contributed by atoms with Gasteiger partial charge in [-0.05, 0) is 23.3 Å². The van der Waals surface area contributed by atoms with Gasteiger partial charge in [0.2, 0.25) is 5.91 Å². The van der Waals surface area contributed by atoms with E-state index < -0.39 is 0 Å². The summed E-state index contributed by atoms with van der Waals surface area (Å²) < 4.78 is 1.81. The summed E-state index contributed by atoms with van der Waals surface area (Å²) >= 11 is 1.54. The van der Waals surface area contributed by atoms with E-state index >= 15 is 0 Å². The van der Waals surface area contributed by atoms with Crippen molar-refractivity contribution in [2.45, 2.75) is 16.7 Å². The molecular formula is C24H21N3OS. The second-order valence-corrected chi connectivity index (χ2v) is 7.75. The summed E-state index contributed by atoms with van der Waals surface area (Å²) in [6, 6.07) is 31.7. The lowest BCUT2D eigenvalue weighted by molar-refractivity contribution is -0.115. The quantitative estimate of drug-likeness (QED) is 0.423. The molecule has 0 aliphatic heterocycles. The van der Waals surface area contributed by atoms with Crippen molar-refractivity contribution in [1.29, 1.82) is 0 Å². The Balaban J connectivity index is 1.55. The third-order valence-electron chi connectivity index (χ3n) is 4.48. The van der Waals surface area contributed by atoms with Gasteiger partial charge in [0.15, 0.2) is 0 Å². The van der Waals surface area contributed by atoms with Crippen LogP contribution in [-0.2, 0) is 11.3 Å². The van der Waals surface area contributed by atoms with Gasteiger partial charge >= 0.3 is 0 Å². The van der Waals surface area contributed by atoms with E-state index in [-0.39, 0.29) is 11.2 Å². The Hall–Kier alpha value is -3.31. The molecule has 1 aromatic heterocycles. The Morgan fingerprint density at radius 1 is 0.862 bits per heavy atom. The van der Waals surface area contributed by atoms with E-state index in [0.29, 0.717) is 12.4 Å². The first kappa shape index (κ1) is 19.0. The van der Waals surface area contributed by atoms with Gasteiger partial charge in [-0.1, -0.05) is 78.9 Å². The van der Waals surface area contributed by atoms with E-state index in [1.54, 1.807) is 6.20 Å². The molecule has 3 aromatic carbocycles. The van der Waals surface area contributed by atoms with Crippen LogP contribution >= 0.6 is 11.8 Å². The van der Waals surface area contributed by atoms with E-state index in [0.717, 1.165) is 16.0 Å². The highest BCUT2D eigenvalue weighted by molar-refractivity contribution is 8.00. The first-order valence-electron chi connectivity index (χ1n) is 9.43. The van der Waals surface area contributed by atoms with E-state index in [1.807, 2.05) is 102 Å². The van der Waals surface area contributed by atoms with E-state index in [4.69, 9.17) is 0 Å². The Kier molecular flexibility index (Phi) is 6.07. The van der Waals surface area contributed by atoms with Crippen LogP contribution in [0, 0.1) is 0 Å². The topological polar surface area (TPSA) is 46.9 Å².